The van der Waals surface area contributed by atoms with Gasteiger partial charge in [0.1, 0.15) is 18.2 Å². The smallest absolute Gasteiger partial charge is 0.407 e. The van der Waals surface area contributed by atoms with Crippen molar-refractivity contribution in [2.24, 2.45) is 0 Å². The van der Waals surface area contributed by atoms with Crippen molar-refractivity contribution in [3.63, 3.8) is 0 Å². The Kier molecular flexibility index (Phi) is 10.4. The van der Waals surface area contributed by atoms with E-state index in [2.05, 4.69) is 10.6 Å². The number of alkyl carbamates (subject to hydrolysis) is 1. The van der Waals surface area contributed by atoms with Gasteiger partial charge in [-0.3, -0.25) is 9.59 Å². The Labute approximate surface area is 247 Å². The van der Waals surface area contributed by atoms with Crippen molar-refractivity contribution >= 4 is 23.9 Å². The molecule has 2 aromatic carbocycles. The minimum Gasteiger partial charge on any atom is -0.480 e. The van der Waals surface area contributed by atoms with E-state index in [1.807, 2.05) is 48.5 Å². The molecule has 0 fully saturated rings. The Morgan fingerprint density at radius 2 is 1.40 bits per heavy atom. The zero-order valence-corrected chi connectivity index (χ0v) is 25.4. The van der Waals surface area contributed by atoms with Crippen LogP contribution in [0.25, 0.3) is 11.1 Å². The maximum Gasteiger partial charge on any atom is 0.407 e. The van der Waals surface area contributed by atoms with Crippen LogP contribution in [0.4, 0.5) is 4.79 Å². The molecule has 1 aliphatic rings. The maximum absolute atomic E-state index is 13.3. The van der Waals surface area contributed by atoms with Crippen LogP contribution in [0.1, 0.15) is 78.4 Å². The molecule has 10 heteroatoms. The van der Waals surface area contributed by atoms with Gasteiger partial charge >= 0.3 is 18.0 Å². The standard InChI is InChI=1S/C32H42N2O8/c1-19(41-31(2,3)4)27(29(37)38)34-28(36)25(16-17-26(35)42-32(5,6)7)33-30(39)40-18-24-22-14-10-8-12-20(22)21-13-9-11-15-23(21)24/h8-15,19,24-25,27H,16-18H2,1-7H3,(H,33,39)(H,34,36)(H,37,38)/t19-,25+,27+/m1/s1. The van der Waals surface area contributed by atoms with E-state index in [9.17, 15) is 24.3 Å². The molecule has 2 amide bonds. The number of carbonyl (C=O) groups excluding carboxylic acids is 3. The molecular weight excluding hydrogens is 540 g/mol. The van der Waals surface area contributed by atoms with Crippen LogP contribution in [0.15, 0.2) is 48.5 Å². The lowest BCUT2D eigenvalue weighted by atomic mass is 9.98. The number of hydrogen-bond acceptors (Lipinski definition) is 7. The molecular formula is C32H42N2O8. The first-order chi connectivity index (χ1) is 19.6. The quantitative estimate of drug-likeness (QED) is 0.321. The van der Waals surface area contributed by atoms with Crippen LogP contribution in [-0.4, -0.2) is 65.0 Å². The molecule has 42 heavy (non-hydrogen) atoms. The number of carboxylic acids is 1. The molecule has 3 N–H and O–H groups in total. The first kappa shape index (κ1) is 32.6. The highest BCUT2D eigenvalue weighted by molar-refractivity contribution is 5.90. The Morgan fingerprint density at radius 1 is 0.857 bits per heavy atom. The lowest BCUT2D eigenvalue weighted by Crippen LogP contribution is -2.56. The Morgan fingerprint density at radius 3 is 1.90 bits per heavy atom. The normalized spacial score (nSPS) is 15.0. The van der Waals surface area contributed by atoms with Gasteiger partial charge in [-0.1, -0.05) is 48.5 Å². The molecule has 0 saturated carbocycles. The summed E-state index contributed by atoms with van der Waals surface area (Å²) in [6.45, 7) is 12.0. The monoisotopic (exact) mass is 582 g/mol. The largest absolute Gasteiger partial charge is 0.480 e. The zero-order chi connectivity index (χ0) is 31.2. The molecule has 0 radical (unpaired) electrons. The summed E-state index contributed by atoms with van der Waals surface area (Å²) >= 11 is 0. The van der Waals surface area contributed by atoms with Gasteiger partial charge in [-0.15, -0.1) is 0 Å². The van der Waals surface area contributed by atoms with Crippen LogP contribution in [0, 0.1) is 0 Å². The molecule has 2 aromatic rings. The molecule has 0 heterocycles. The third-order valence-corrected chi connectivity index (χ3v) is 6.58. The van der Waals surface area contributed by atoms with Crippen LogP contribution in [-0.2, 0) is 28.6 Å². The van der Waals surface area contributed by atoms with Crippen LogP contribution < -0.4 is 10.6 Å². The summed E-state index contributed by atoms with van der Waals surface area (Å²) in [4.78, 5) is 50.7. The van der Waals surface area contributed by atoms with E-state index < -0.39 is 53.3 Å². The Hall–Kier alpha value is -3.92. The van der Waals surface area contributed by atoms with E-state index in [-0.39, 0.29) is 25.4 Å². The van der Waals surface area contributed by atoms with Crippen molar-refractivity contribution in [2.75, 3.05) is 6.61 Å². The number of ether oxygens (including phenoxy) is 3. The van der Waals surface area contributed by atoms with Crippen molar-refractivity contribution in [3.8, 4) is 11.1 Å². The third kappa shape index (κ3) is 9.04. The lowest BCUT2D eigenvalue weighted by molar-refractivity contribution is -0.155. The fraction of sp³-hybridized carbons (Fsp3) is 0.500. The van der Waals surface area contributed by atoms with Crippen molar-refractivity contribution < 1.29 is 38.5 Å². The van der Waals surface area contributed by atoms with Crippen LogP contribution in [0.2, 0.25) is 0 Å². The number of nitrogens with one attached hydrogen (secondary N) is 2. The average molecular weight is 583 g/mol. The van der Waals surface area contributed by atoms with Gasteiger partial charge in [0.2, 0.25) is 5.91 Å². The van der Waals surface area contributed by atoms with Gasteiger partial charge in [0, 0.05) is 12.3 Å². The molecule has 0 aromatic heterocycles. The van der Waals surface area contributed by atoms with Gasteiger partial charge in [-0.05, 0) is 77.1 Å². The lowest BCUT2D eigenvalue weighted by Gasteiger charge is -2.30. The number of esters is 1. The third-order valence-electron chi connectivity index (χ3n) is 6.58. The predicted octanol–water partition coefficient (Wildman–Crippen LogP) is 4.79. The topological polar surface area (TPSA) is 140 Å². The molecule has 3 atom stereocenters. The fourth-order valence-electron chi connectivity index (χ4n) is 4.97. The second-order valence-corrected chi connectivity index (χ2v) is 12.4. The molecule has 10 nitrogen and oxygen atoms in total. The van der Waals surface area contributed by atoms with Crippen molar-refractivity contribution in [2.45, 2.75) is 96.6 Å². The Balaban J connectivity index is 1.73. The van der Waals surface area contributed by atoms with Gasteiger partial charge in [0.15, 0.2) is 6.04 Å². The number of rotatable bonds is 11. The molecule has 0 spiro atoms. The number of amides is 2. The molecule has 228 valence electrons. The number of carboxylic acid groups (broad SMARTS) is 1. The molecule has 0 saturated heterocycles. The summed E-state index contributed by atoms with van der Waals surface area (Å²) in [6.07, 6.45) is -2.07. The van der Waals surface area contributed by atoms with Crippen LogP contribution in [0.5, 0.6) is 0 Å². The van der Waals surface area contributed by atoms with Crippen LogP contribution >= 0.6 is 0 Å². The fourth-order valence-corrected chi connectivity index (χ4v) is 4.97. The maximum atomic E-state index is 13.3. The summed E-state index contributed by atoms with van der Waals surface area (Å²) in [7, 11) is 0. The Bertz CT molecular complexity index is 1250. The van der Waals surface area contributed by atoms with E-state index in [0.29, 0.717) is 0 Å². The average Bonchev–Trinajstić information content (AvgIpc) is 3.19. The minimum atomic E-state index is -1.40. The first-order valence-corrected chi connectivity index (χ1v) is 14.1. The SMILES string of the molecule is C[C@@H](OC(C)(C)C)[C@H](NC(=O)[C@H](CCC(=O)OC(C)(C)C)NC(=O)OCC1c2ccccc2-c2ccccc21)C(=O)O. The first-order valence-electron chi connectivity index (χ1n) is 14.1. The van der Waals surface area contributed by atoms with Crippen molar-refractivity contribution in [1.29, 1.82) is 0 Å². The van der Waals surface area contributed by atoms with Crippen molar-refractivity contribution in [1.82, 2.24) is 10.6 Å². The summed E-state index contributed by atoms with van der Waals surface area (Å²) in [5.41, 5.74) is 2.81. The van der Waals surface area contributed by atoms with Gasteiger partial charge in [-0.2, -0.15) is 0 Å². The molecule has 1 aliphatic carbocycles. The van der Waals surface area contributed by atoms with E-state index in [1.54, 1.807) is 48.5 Å². The second-order valence-electron chi connectivity index (χ2n) is 12.4. The molecule has 0 aliphatic heterocycles. The van der Waals surface area contributed by atoms with Gasteiger partial charge < -0.3 is 30.0 Å². The number of benzene rings is 2. The highest BCUT2D eigenvalue weighted by Gasteiger charge is 2.34. The molecule has 0 bridgehead atoms. The van der Waals surface area contributed by atoms with Crippen LogP contribution in [0.3, 0.4) is 0 Å². The summed E-state index contributed by atoms with van der Waals surface area (Å²) in [6, 6.07) is 13.1. The van der Waals surface area contributed by atoms with E-state index in [4.69, 9.17) is 14.2 Å². The summed E-state index contributed by atoms with van der Waals surface area (Å²) in [5.74, 6) is -2.84. The molecule has 3 rings (SSSR count). The van der Waals surface area contributed by atoms with E-state index in [0.717, 1.165) is 22.3 Å². The zero-order valence-electron chi connectivity index (χ0n) is 25.4. The highest BCUT2D eigenvalue weighted by atomic mass is 16.6. The molecule has 0 unspecified atom stereocenters. The summed E-state index contributed by atoms with van der Waals surface area (Å²) in [5, 5.41) is 14.8. The van der Waals surface area contributed by atoms with Crippen molar-refractivity contribution in [3.05, 3.63) is 59.7 Å². The van der Waals surface area contributed by atoms with E-state index in [1.165, 1.54) is 0 Å². The summed E-state index contributed by atoms with van der Waals surface area (Å²) < 4.78 is 16.7. The highest BCUT2D eigenvalue weighted by Crippen LogP contribution is 2.44. The van der Waals surface area contributed by atoms with Gasteiger partial charge in [0.25, 0.3) is 0 Å². The van der Waals surface area contributed by atoms with E-state index >= 15 is 0 Å². The number of carbonyl (C=O) groups is 4. The second kappa shape index (κ2) is 13.4. The number of aliphatic carboxylic acids is 1. The number of hydrogen-bond donors (Lipinski definition) is 3. The predicted molar refractivity (Wildman–Crippen MR) is 157 cm³/mol. The van der Waals surface area contributed by atoms with Gasteiger partial charge in [-0.25, -0.2) is 9.59 Å². The number of fused-ring (bicyclic) bond motifs is 3. The minimum absolute atomic E-state index is 0.0223. The van der Waals surface area contributed by atoms with Gasteiger partial charge in [0.05, 0.1) is 11.7 Å².